The molecule has 27 heavy (non-hydrogen) atoms. The van der Waals surface area contributed by atoms with E-state index < -0.39 is 0 Å². The summed E-state index contributed by atoms with van der Waals surface area (Å²) < 4.78 is 24.3. The van der Waals surface area contributed by atoms with Crippen LogP contribution in [0.15, 0.2) is 29.3 Å². The SMILES string of the molecule is CN=C(NCC(C)Oc1cccc(F)c1)NCC1(CCOC)CCCC1.I. The number of hydrogen-bond donors (Lipinski definition) is 2. The molecular formula is C20H33FIN3O2. The van der Waals surface area contributed by atoms with Crippen molar-refractivity contribution in [3.05, 3.63) is 30.1 Å². The minimum Gasteiger partial charge on any atom is -0.489 e. The van der Waals surface area contributed by atoms with E-state index in [2.05, 4.69) is 15.6 Å². The Bertz CT molecular complexity index is 580. The first kappa shape index (κ1) is 23.9. The lowest BCUT2D eigenvalue weighted by molar-refractivity contribution is 0.138. The smallest absolute Gasteiger partial charge is 0.191 e. The lowest BCUT2D eigenvalue weighted by Gasteiger charge is -2.30. The van der Waals surface area contributed by atoms with Crippen molar-refractivity contribution >= 4 is 29.9 Å². The molecule has 0 amide bonds. The summed E-state index contributed by atoms with van der Waals surface area (Å²) in [5, 5.41) is 6.75. The summed E-state index contributed by atoms with van der Waals surface area (Å²) in [6.07, 6.45) is 6.02. The molecule has 0 spiro atoms. The van der Waals surface area contributed by atoms with E-state index in [-0.39, 0.29) is 35.9 Å². The van der Waals surface area contributed by atoms with Crippen LogP contribution in [0, 0.1) is 11.2 Å². The van der Waals surface area contributed by atoms with Gasteiger partial charge < -0.3 is 20.1 Å². The molecular weight excluding hydrogens is 460 g/mol. The Hall–Kier alpha value is -1.09. The average Bonchev–Trinajstić information content (AvgIpc) is 3.09. The Labute approximate surface area is 179 Å². The van der Waals surface area contributed by atoms with Gasteiger partial charge in [-0.25, -0.2) is 4.39 Å². The van der Waals surface area contributed by atoms with Crippen molar-refractivity contribution < 1.29 is 13.9 Å². The van der Waals surface area contributed by atoms with Crippen molar-refractivity contribution in [3.8, 4) is 5.75 Å². The van der Waals surface area contributed by atoms with Crippen LogP contribution in [-0.2, 0) is 4.74 Å². The summed E-state index contributed by atoms with van der Waals surface area (Å²) in [5.41, 5.74) is 0.303. The molecule has 0 radical (unpaired) electrons. The minimum atomic E-state index is -0.293. The third-order valence-corrected chi connectivity index (χ3v) is 5.05. The number of benzene rings is 1. The summed E-state index contributed by atoms with van der Waals surface area (Å²) in [5.74, 6) is 1.01. The van der Waals surface area contributed by atoms with Gasteiger partial charge in [0.1, 0.15) is 17.7 Å². The van der Waals surface area contributed by atoms with Gasteiger partial charge in [-0.3, -0.25) is 4.99 Å². The molecule has 1 aromatic carbocycles. The van der Waals surface area contributed by atoms with Crippen LogP contribution in [0.1, 0.15) is 39.0 Å². The second kappa shape index (κ2) is 12.4. The first-order valence-corrected chi connectivity index (χ1v) is 9.42. The van der Waals surface area contributed by atoms with E-state index in [1.165, 1.54) is 37.8 Å². The van der Waals surface area contributed by atoms with Gasteiger partial charge in [-0.05, 0) is 43.7 Å². The van der Waals surface area contributed by atoms with E-state index in [0.29, 0.717) is 17.7 Å². The monoisotopic (exact) mass is 493 g/mol. The standard InChI is InChI=1S/C20H32FN3O2.HI/c1-16(26-18-8-6-7-17(21)13-18)14-23-19(22-2)24-15-20(11-12-25-3)9-4-5-10-20;/h6-8,13,16H,4-5,9-12,14-15H2,1-3H3,(H2,22,23,24);1H. The van der Waals surface area contributed by atoms with Gasteiger partial charge in [-0.15, -0.1) is 24.0 Å². The third kappa shape index (κ3) is 8.21. The number of aliphatic imine (C=N–C) groups is 1. The summed E-state index contributed by atoms with van der Waals surface area (Å²) in [7, 11) is 3.53. The number of nitrogens with zero attached hydrogens (tertiary/aromatic N) is 1. The number of halogens is 2. The Kier molecular flexibility index (Phi) is 11.0. The summed E-state index contributed by atoms with van der Waals surface area (Å²) >= 11 is 0. The van der Waals surface area contributed by atoms with Gasteiger partial charge >= 0.3 is 0 Å². The quantitative estimate of drug-likeness (QED) is 0.311. The van der Waals surface area contributed by atoms with Crippen molar-refractivity contribution in [1.82, 2.24) is 10.6 Å². The molecule has 1 unspecified atom stereocenters. The fourth-order valence-corrected chi connectivity index (χ4v) is 3.51. The molecule has 1 saturated carbocycles. The minimum absolute atomic E-state index is 0. The van der Waals surface area contributed by atoms with Crippen molar-refractivity contribution in [2.24, 2.45) is 10.4 Å². The summed E-state index contributed by atoms with van der Waals surface area (Å²) in [4.78, 5) is 4.30. The van der Waals surface area contributed by atoms with Crippen molar-refractivity contribution in [2.75, 3.05) is 33.9 Å². The van der Waals surface area contributed by atoms with E-state index in [1.807, 2.05) is 6.92 Å². The molecule has 0 heterocycles. The van der Waals surface area contributed by atoms with E-state index >= 15 is 0 Å². The highest BCUT2D eigenvalue weighted by atomic mass is 127. The first-order valence-electron chi connectivity index (χ1n) is 9.42. The number of rotatable bonds is 9. The molecule has 1 aliphatic carbocycles. The largest absolute Gasteiger partial charge is 0.489 e. The number of guanidine groups is 1. The number of hydrogen-bond acceptors (Lipinski definition) is 3. The predicted octanol–water partition coefficient (Wildman–Crippen LogP) is 3.97. The number of ether oxygens (including phenoxy) is 2. The van der Waals surface area contributed by atoms with Gasteiger partial charge in [-0.2, -0.15) is 0 Å². The maximum Gasteiger partial charge on any atom is 0.191 e. The molecule has 0 bridgehead atoms. The third-order valence-electron chi connectivity index (χ3n) is 5.05. The van der Waals surface area contributed by atoms with E-state index in [1.54, 1.807) is 26.3 Å². The normalized spacial score (nSPS) is 17.1. The van der Waals surface area contributed by atoms with Gasteiger partial charge in [0.2, 0.25) is 0 Å². The molecule has 0 saturated heterocycles. The van der Waals surface area contributed by atoms with Crippen LogP contribution in [0.4, 0.5) is 4.39 Å². The fourth-order valence-electron chi connectivity index (χ4n) is 3.51. The van der Waals surface area contributed by atoms with Gasteiger partial charge in [0, 0.05) is 33.4 Å². The Balaban J connectivity index is 0.00000364. The zero-order valence-electron chi connectivity index (χ0n) is 16.6. The molecule has 7 heteroatoms. The molecule has 1 atom stereocenters. The van der Waals surface area contributed by atoms with Crippen LogP contribution >= 0.6 is 24.0 Å². The van der Waals surface area contributed by atoms with Crippen molar-refractivity contribution in [1.29, 1.82) is 0 Å². The average molecular weight is 493 g/mol. The first-order chi connectivity index (χ1) is 12.6. The van der Waals surface area contributed by atoms with Crippen LogP contribution < -0.4 is 15.4 Å². The van der Waals surface area contributed by atoms with Crippen LogP contribution in [0.2, 0.25) is 0 Å². The van der Waals surface area contributed by atoms with Crippen LogP contribution in [0.25, 0.3) is 0 Å². The van der Waals surface area contributed by atoms with E-state index in [4.69, 9.17) is 9.47 Å². The van der Waals surface area contributed by atoms with Gasteiger partial charge in [-0.1, -0.05) is 18.9 Å². The Morgan fingerprint density at radius 2 is 2.04 bits per heavy atom. The van der Waals surface area contributed by atoms with Gasteiger partial charge in [0.25, 0.3) is 0 Å². The summed E-state index contributed by atoms with van der Waals surface area (Å²) in [6.45, 7) is 4.23. The van der Waals surface area contributed by atoms with Gasteiger partial charge in [0.15, 0.2) is 5.96 Å². The number of nitrogens with one attached hydrogen (secondary N) is 2. The predicted molar refractivity (Wildman–Crippen MR) is 119 cm³/mol. The van der Waals surface area contributed by atoms with Crippen LogP contribution in [-0.4, -0.2) is 45.9 Å². The molecule has 1 fully saturated rings. The molecule has 1 aromatic rings. The zero-order valence-corrected chi connectivity index (χ0v) is 18.9. The highest BCUT2D eigenvalue weighted by Gasteiger charge is 2.33. The Morgan fingerprint density at radius 1 is 1.30 bits per heavy atom. The fraction of sp³-hybridized carbons (Fsp3) is 0.650. The molecule has 2 rings (SSSR count). The lowest BCUT2D eigenvalue weighted by atomic mass is 9.83. The molecule has 0 aromatic heterocycles. The molecule has 154 valence electrons. The molecule has 1 aliphatic rings. The maximum absolute atomic E-state index is 13.2. The highest BCUT2D eigenvalue weighted by molar-refractivity contribution is 14.0. The van der Waals surface area contributed by atoms with E-state index in [9.17, 15) is 4.39 Å². The van der Waals surface area contributed by atoms with Crippen LogP contribution in [0.3, 0.4) is 0 Å². The van der Waals surface area contributed by atoms with Crippen molar-refractivity contribution in [2.45, 2.75) is 45.1 Å². The van der Waals surface area contributed by atoms with Crippen LogP contribution in [0.5, 0.6) is 5.75 Å². The molecule has 2 N–H and O–H groups in total. The molecule has 0 aliphatic heterocycles. The second-order valence-electron chi connectivity index (χ2n) is 7.14. The van der Waals surface area contributed by atoms with E-state index in [0.717, 1.165) is 25.5 Å². The zero-order chi connectivity index (χ0) is 18.8. The highest BCUT2D eigenvalue weighted by Crippen LogP contribution is 2.40. The molecule has 5 nitrogen and oxygen atoms in total. The van der Waals surface area contributed by atoms with Crippen molar-refractivity contribution in [3.63, 3.8) is 0 Å². The topological polar surface area (TPSA) is 54.9 Å². The maximum atomic E-state index is 13.2. The number of methoxy groups -OCH3 is 1. The lowest BCUT2D eigenvalue weighted by Crippen LogP contribution is -2.45. The second-order valence-corrected chi connectivity index (χ2v) is 7.14. The Morgan fingerprint density at radius 3 is 2.67 bits per heavy atom. The summed E-state index contributed by atoms with van der Waals surface area (Å²) in [6, 6.07) is 6.20. The van der Waals surface area contributed by atoms with Gasteiger partial charge in [0.05, 0.1) is 6.54 Å².